The van der Waals surface area contributed by atoms with Crippen molar-refractivity contribution in [3.8, 4) is 16.9 Å². The number of rotatable bonds is 4. The molecule has 0 saturated carbocycles. The van der Waals surface area contributed by atoms with Crippen molar-refractivity contribution >= 4 is 42.3 Å². The zero-order valence-corrected chi connectivity index (χ0v) is 17.8. The van der Waals surface area contributed by atoms with Crippen LogP contribution in [-0.2, 0) is 10.0 Å². The number of aromatic amines is 1. The van der Waals surface area contributed by atoms with Gasteiger partial charge in [0.05, 0.1) is 17.9 Å². The average molecular weight is 429 g/mol. The lowest BCUT2D eigenvalue weighted by Gasteiger charge is -2.16. The lowest BCUT2D eigenvalue weighted by molar-refractivity contribution is 0.416. The Morgan fingerprint density at radius 1 is 1.17 bits per heavy atom. The van der Waals surface area contributed by atoms with Crippen LogP contribution in [-0.4, -0.2) is 20.5 Å². The lowest BCUT2D eigenvalue weighted by atomic mass is 9.94. The Hall–Kier alpha value is -2.68. The number of pyridine rings is 1. The molecule has 0 spiro atoms. The van der Waals surface area contributed by atoms with Crippen LogP contribution in [0.1, 0.15) is 23.3 Å². The van der Waals surface area contributed by atoms with Crippen LogP contribution in [0.15, 0.2) is 46.6 Å². The summed E-state index contributed by atoms with van der Waals surface area (Å²) in [6.45, 7) is 3.49. The predicted octanol–water partition coefficient (Wildman–Crippen LogP) is 4.08. The van der Waals surface area contributed by atoms with E-state index in [0.29, 0.717) is 16.0 Å². The van der Waals surface area contributed by atoms with Gasteiger partial charge in [0.15, 0.2) is 0 Å². The molecule has 0 aliphatic heterocycles. The van der Waals surface area contributed by atoms with Gasteiger partial charge in [-0.3, -0.25) is 4.79 Å². The molecule has 1 unspecified atom stereocenters. The van der Waals surface area contributed by atoms with Gasteiger partial charge in [-0.1, -0.05) is 24.3 Å². The topological polar surface area (TPSA) is 102 Å². The third kappa shape index (κ3) is 3.23. The van der Waals surface area contributed by atoms with E-state index in [1.807, 2.05) is 36.6 Å². The van der Waals surface area contributed by atoms with Gasteiger partial charge in [-0.2, -0.15) is 0 Å². The van der Waals surface area contributed by atoms with Crippen LogP contribution in [0.4, 0.5) is 0 Å². The number of aryl methyl sites for hydroxylation is 1. The molecule has 0 bridgehead atoms. The van der Waals surface area contributed by atoms with Gasteiger partial charge in [-0.15, -0.1) is 11.3 Å². The molecule has 4 aromatic rings. The molecule has 1 atom stereocenters. The van der Waals surface area contributed by atoms with Gasteiger partial charge in [0.1, 0.15) is 10.4 Å². The SMILES string of the molecule is COc1cc(C)c2[nH]c(=O)c3sccc3c2c1-c1ccc(C(C)S(N)(=O)=O)cc1. The van der Waals surface area contributed by atoms with Gasteiger partial charge in [0.2, 0.25) is 10.0 Å². The third-order valence-electron chi connectivity index (χ3n) is 5.25. The molecule has 29 heavy (non-hydrogen) atoms. The van der Waals surface area contributed by atoms with E-state index in [4.69, 9.17) is 9.88 Å². The fourth-order valence-electron chi connectivity index (χ4n) is 3.63. The Balaban J connectivity index is 2.04. The lowest BCUT2D eigenvalue weighted by Crippen LogP contribution is -2.19. The summed E-state index contributed by atoms with van der Waals surface area (Å²) in [5.41, 5.74) is 3.88. The largest absolute Gasteiger partial charge is 0.496 e. The van der Waals surface area contributed by atoms with Crippen molar-refractivity contribution in [2.75, 3.05) is 7.11 Å². The van der Waals surface area contributed by atoms with E-state index in [-0.39, 0.29) is 5.56 Å². The van der Waals surface area contributed by atoms with Crippen molar-refractivity contribution in [3.05, 3.63) is 63.3 Å². The van der Waals surface area contributed by atoms with Crippen LogP contribution in [0.3, 0.4) is 0 Å². The van der Waals surface area contributed by atoms with E-state index in [2.05, 4.69) is 4.98 Å². The van der Waals surface area contributed by atoms with E-state index in [9.17, 15) is 13.2 Å². The van der Waals surface area contributed by atoms with Crippen LogP contribution in [0.25, 0.3) is 32.1 Å². The van der Waals surface area contributed by atoms with E-state index in [1.54, 1.807) is 26.2 Å². The number of hydrogen-bond donors (Lipinski definition) is 2. The van der Waals surface area contributed by atoms with E-state index < -0.39 is 15.3 Å². The molecule has 2 aromatic carbocycles. The number of sulfonamides is 1. The Kier molecular flexibility index (Phi) is 4.72. The summed E-state index contributed by atoms with van der Waals surface area (Å²) in [5.74, 6) is 0.682. The van der Waals surface area contributed by atoms with E-state index in [0.717, 1.165) is 33.0 Å². The van der Waals surface area contributed by atoms with Gasteiger partial charge in [0, 0.05) is 16.3 Å². The van der Waals surface area contributed by atoms with Crippen molar-refractivity contribution in [3.63, 3.8) is 0 Å². The first-order valence-corrected chi connectivity index (χ1v) is 11.4. The number of hydrogen-bond acceptors (Lipinski definition) is 5. The summed E-state index contributed by atoms with van der Waals surface area (Å²) in [6.07, 6.45) is 0. The highest BCUT2D eigenvalue weighted by molar-refractivity contribution is 7.89. The van der Waals surface area contributed by atoms with E-state index >= 15 is 0 Å². The first-order chi connectivity index (χ1) is 13.7. The molecule has 0 amide bonds. The van der Waals surface area contributed by atoms with E-state index in [1.165, 1.54) is 11.3 Å². The summed E-state index contributed by atoms with van der Waals surface area (Å²) in [4.78, 5) is 15.5. The molecule has 2 aromatic heterocycles. The molecule has 8 heteroatoms. The number of thiophene rings is 1. The zero-order chi connectivity index (χ0) is 20.9. The van der Waals surface area contributed by atoms with Crippen molar-refractivity contribution in [2.24, 2.45) is 5.14 Å². The fourth-order valence-corrected chi connectivity index (χ4v) is 4.96. The number of H-pyrrole nitrogens is 1. The molecular weight excluding hydrogens is 408 g/mol. The maximum atomic E-state index is 12.5. The van der Waals surface area contributed by atoms with Crippen LogP contribution in [0.5, 0.6) is 5.75 Å². The van der Waals surface area contributed by atoms with Crippen LogP contribution in [0.2, 0.25) is 0 Å². The number of primary sulfonamides is 1. The number of nitrogens with two attached hydrogens (primary N) is 1. The molecule has 2 heterocycles. The molecule has 0 saturated heterocycles. The molecule has 0 aliphatic rings. The minimum absolute atomic E-state index is 0.112. The van der Waals surface area contributed by atoms with Gasteiger partial charge < -0.3 is 9.72 Å². The Morgan fingerprint density at radius 3 is 2.48 bits per heavy atom. The minimum Gasteiger partial charge on any atom is -0.496 e. The van der Waals surface area contributed by atoms with Crippen molar-refractivity contribution in [1.29, 1.82) is 0 Å². The quantitative estimate of drug-likeness (QED) is 0.511. The Labute approximate surface area is 172 Å². The highest BCUT2D eigenvalue weighted by atomic mass is 32.2. The Morgan fingerprint density at radius 2 is 1.86 bits per heavy atom. The number of ether oxygens (including phenoxy) is 1. The van der Waals surface area contributed by atoms with Gasteiger partial charge in [0.25, 0.3) is 5.56 Å². The second kappa shape index (κ2) is 6.98. The summed E-state index contributed by atoms with van der Waals surface area (Å²) < 4.78 is 29.7. The smallest absolute Gasteiger partial charge is 0.266 e. The zero-order valence-electron chi connectivity index (χ0n) is 16.1. The van der Waals surface area contributed by atoms with Crippen LogP contribution < -0.4 is 15.4 Å². The molecule has 0 fully saturated rings. The molecule has 0 aliphatic carbocycles. The fraction of sp³-hybridized carbons (Fsp3) is 0.190. The second-order valence-corrected chi connectivity index (χ2v) is 9.79. The highest BCUT2D eigenvalue weighted by Gasteiger charge is 2.20. The van der Waals surface area contributed by atoms with Crippen molar-refractivity contribution in [1.82, 2.24) is 4.98 Å². The summed E-state index contributed by atoms with van der Waals surface area (Å²) >= 11 is 1.40. The highest BCUT2D eigenvalue weighted by Crippen LogP contribution is 2.42. The molecule has 4 rings (SSSR count). The number of nitrogens with one attached hydrogen (secondary N) is 1. The number of fused-ring (bicyclic) bond motifs is 3. The standard InChI is InChI=1S/C21H20N2O4S2/c1-11-10-16(27-3)17(14-6-4-13(5-7-14)12(2)29(22,25)26)18-15-8-9-28-20(15)21(24)23-19(11)18/h4-10,12H,1-3H3,(H,23,24)(H2,22,25,26). The van der Waals surface area contributed by atoms with Gasteiger partial charge in [-0.05, 0) is 48.1 Å². The minimum atomic E-state index is -3.68. The Bertz CT molecular complexity index is 1400. The molecular formula is C21H20N2O4S2. The summed E-state index contributed by atoms with van der Waals surface area (Å²) in [7, 11) is -2.07. The van der Waals surface area contributed by atoms with Crippen molar-refractivity contribution < 1.29 is 13.2 Å². The van der Waals surface area contributed by atoms with Crippen LogP contribution >= 0.6 is 11.3 Å². The van der Waals surface area contributed by atoms with Gasteiger partial charge >= 0.3 is 0 Å². The van der Waals surface area contributed by atoms with Crippen molar-refractivity contribution in [2.45, 2.75) is 19.1 Å². The molecule has 0 radical (unpaired) electrons. The maximum Gasteiger partial charge on any atom is 0.266 e. The molecule has 3 N–H and O–H groups in total. The predicted molar refractivity (Wildman–Crippen MR) is 118 cm³/mol. The van der Waals surface area contributed by atoms with Gasteiger partial charge in [-0.25, -0.2) is 13.6 Å². The number of aromatic nitrogens is 1. The maximum absolute atomic E-state index is 12.5. The monoisotopic (exact) mass is 428 g/mol. The second-order valence-electron chi connectivity index (χ2n) is 6.99. The normalized spacial score (nSPS) is 13.1. The summed E-state index contributed by atoms with van der Waals surface area (Å²) in [5, 5.41) is 8.16. The average Bonchev–Trinajstić information content (AvgIpc) is 3.18. The number of benzene rings is 2. The first-order valence-electron chi connectivity index (χ1n) is 8.95. The first kappa shape index (κ1) is 19.6. The summed E-state index contributed by atoms with van der Waals surface area (Å²) in [6, 6.07) is 11.1. The molecule has 6 nitrogen and oxygen atoms in total. The number of methoxy groups -OCH3 is 1. The van der Waals surface area contributed by atoms with Crippen LogP contribution in [0, 0.1) is 6.92 Å². The molecule has 150 valence electrons. The third-order valence-corrected chi connectivity index (χ3v) is 7.42.